The van der Waals surface area contributed by atoms with Crippen LogP contribution in [-0.2, 0) is 5.41 Å². The van der Waals surface area contributed by atoms with Gasteiger partial charge in [0.15, 0.2) is 0 Å². The Morgan fingerprint density at radius 2 is 1.12 bits per heavy atom. The van der Waals surface area contributed by atoms with Crippen LogP contribution in [0.25, 0.3) is 64.6 Å². The van der Waals surface area contributed by atoms with Gasteiger partial charge < -0.3 is 4.90 Å². The first-order valence-corrected chi connectivity index (χ1v) is 18.4. The summed E-state index contributed by atoms with van der Waals surface area (Å²) in [6, 6.07) is 61.8. The summed E-state index contributed by atoms with van der Waals surface area (Å²) in [6.07, 6.45) is 0. The van der Waals surface area contributed by atoms with Crippen LogP contribution in [0.4, 0.5) is 17.1 Å². The van der Waals surface area contributed by atoms with E-state index < -0.39 is 0 Å². The van der Waals surface area contributed by atoms with E-state index in [0.29, 0.717) is 0 Å². The van der Waals surface area contributed by atoms with E-state index in [0.717, 1.165) is 27.6 Å². The predicted molar refractivity (Wildman–Crippen MR) is 218 cm³/mol. The number of hydrogen-bond acceptors (Lipinski definition) is 3. The molecule has 0 spiro atoms. The molecule has 0 atom stereocenters. The molecule has 0 radical (unpaired) electrons. The van der Waals surface area contributed by atoms with Gasteiger partial charge in [-0.05, 0) is 92.0 Å². The summed E-state index contributed by atoms with van der Waals surface area (Å²) in [5, 5.41) is 6.13. The second-order valence-electron chi connectivity index (χ2n) is 14.0. The van der Waals surface area contributed by atoms with Crippen LogP contribution in [0.2, 0.25) is 0 Å². The lowest BCUT2D eigenvalue weighted by molar-refractivity contribution is 0.666. The molecule has 8 aromatic carbocycles. The number of nitrogens with zero attached hydrogens (tertiary/aromatic N) is 2. The van der Waals surface area contributed by atoms with Crippen molar-refractivity contribution in [3.63, 3.8) is 0 Å². The molecule has 1 aliphatic carbocycles. The zero-order valence-electron chi connectivity index (χ0n) is 28.5. The summed E-state index contributed by atoms with van der Waals surface area (Å²) >= 11 is 1.79. The maximum absolute atomic E-state index is 5.05. The number of fused-ring (bicyclic) bond motifs is 8. The Morgan fingerprint density at radius 1 is 0.490 bits per heavy atom. The number of aromatic nitrogens is 1. The second-order valence-corrected chi connectivity index (χ2v) is 15.0. The third-order valence-corrected chi connectivity index (χ3v) is 11.8. The van der Waals surface area contributed by atoms with Gasteiger partial charge in [-0.1, -0.05) is 141 Å². The van der Waals surface area contributed by atoms with Gasteiger partial charge in [0.25, 0.3) is 0 Å². The first kappa shape index (κ1) is 29.8. The lowest BCUT2D eigenvalue weighted by atomic mass is 9.80. The molecule has 0 saturated carbocycles. The molecule has 9 aromatic rings. The Labute approximate surface area is 301 Å². The van der Waals surface area contributed by atoms with Crippen LogP contribution in [0.5, 0.6) is 0 Å². The van der Waals surface area contributed by atoms with E-state index in [1.165, 1.54) is 65.2 Å². The van der Waals surface area contributed by atoms with Crippen LogP contribution in [0.3, 0.4) is 0 Å². The van der Waals surface area contributed by atoms with E-state index in [2.05, 4.69) is 189 Å². The molecule has 242 valence electrons. The van der Waals surface area contributed by atoms with Gasteiger partial charge in [0.05, 0.1) is 10.2 Å². The molecule has 51 heavy (non-hydrogen) atoms. The third-order valence-electron chi connectivity index (χ3n) is 10.6. The minimum Gasteiger partial charge on any atom is -0.310 e. The van der Waals surface area contributed by atoms with Crippen molar-refractivity contribution in [3.8, 4) is 32.8 Å². The Kier molecular flexibility index (Phi) is 6.74. The Hall–Kier alpha value is -6.03. The van der Waals surface area contributed by atoms with E-state index in [4.69, 9.17) is 4.98 Å². The largest absolute Gasteiger partial charge is 0.310 e. The van der Waals surface area contributed by atoms with Gasteiger partial charge >= 0.3 is 0 Å². The fourth-order valence-corrected chi connectivity index (χ4v) is 9.26. The molecule has 0 bridgehead atoms. The Morgan fingerprint density at radius 3 is 1.90 bits per heavy atom. The zero-order valence-corrected chi connectivity index (χ0v) is 29.3. The minimum absolute atomic E-state index is 0.158. The normalized spacial score (nSPS) is 13.1. The van der Waals surface area contributed by atoms with Crippen LogP contribution in [0, 0.1) is 0 Å². The van der Waals surface area contributed by atoms with E-state index in [1.807, 2.05) is 0 Å². The van der Waals surface area contributed by atoms with Gasteiger partial charge in [0, 0.05) is 33.4 Å². The van der Waals surface area contributed by atoms with Gasteiger partial charge in [-0.25, -0.2) is 4.98 Å². The topological polar surface area (TPSA) is 16.1 Å². The average Bonchev–Trinajstić information content (AvgIpc) is 3.73. The van der Waals surface area contributed by atoms with Crippen molar-refractivity contribution in [2.24, 2.45) is 0 Å². The Bertz CT molecular complexity index is 2760. The smallest absolute Gasteiger partial charge is 0.124 e. The molecule has 3 heteroatoms. The number of benzene rings is 8. The number of anilines is 3. The maximum atomic E-state index is 5.05. The summed E-state index contributed by atoms with van der Waals surface area (Å²) in [4.78, 5) is 7.45. The van der Waals surface area contributed by atoms with E-state index in [-0.39, 0.29) is 5.41 Å². The SMILES string of the molecule is CC1(C)c2ccc(N(c3ccc(-c4ccccc4)cc3)c3ccc4ccccc4c3)cc2-c2ccc3c(ccc4nc(-c5ccccc5)sc43)c21. The number of rotatable bonds is 5. The Balaban J connectivity index is 1.13. The van der Waals surface area contributed by atoms with Crippen LogP contribution in [-0.4, -0.2) is 4.98 Å². The molecule has 10 rings (SSSR count). The molecule has 0 saturated heterocycles. The highest BCUT2D eigenvalue weighted by molar-refractivity contribution is 7.22. The lowest BCUT2D eigenvalue weighted by Crippen LogP contribution is -2.16. The number of hydrogen-bond donors (Lipinski definition) is 0. The number of thiazole rings is 1. The van der Waals surface area contributed by atoms with Crippen molar-refractivity contribution in [1.82, 2.24) is 4.98 Å². The van der Waals surface area contributed by atoms with Crippen molar-refractivity contribution in [2.75, 3.05) is 4.90 Å². The third kappa shape index (κ3) is 4.80. The molecular weight excluding hydrogens is 637 g/mol. The summed E-state index contributed by atoms with van der Waals surface area (Å²) in [5.41, 5.74) is 13.3. The van der Waals surface area contributed by atoms with E-state index in [9.17, 15) is 0 Å². The summed E-state index contributed by atoms with van der Waals surface area (Å²) < 4.78 is 1.25. The van der Waals surface area contributed by atoms with Crippen LogP contribution < -0.4 is 4.90 Å². The average molecular weight is 671 g/mol. The highest BCUT2D eigenvalue weighted by Gasteiger charge is 2.37. The fourth-order valence-electron chi connectivity index (χ4n) is 8.16. The van der Waals surface area contributed by atoms with Crippen molar-refractivity contribution < 1.29 is 0 Å². The standard InChI is InChI=1S/C48H34N2S/c1-48(2)43-27-23-38(30-42(43)40-24-25-41-39(45(40)48)26-28-44-46(41)51-47(49-44)34-14-7-4-8-15-34)50(37-22-19-32-13-9-10-16-35(32)29-37)36-20-17-33(18-21-36)31-11-5-3-6-12-31/h3-30H,1-2H3. The molecule has 0 N–H and O–H groups in total. The van der Waals surface area contributed by atoms with Crippen molar-refractivity contribution in [3.05, 3.63) is 181 Å². The molecule has 2 nitrogen and oxygen atoms in total. The fraction of sp³-hybridized carbons (Fsp3) is 0.0625. The first-order chi connectivity index (χ1) is 25.0. The van der Waals surface area contributed by atoms with Gasteiger partial charge in [0.2, 0.25) is 0 Å². The summed E-state index contributed by atoms with van der Waals surface area (Å²) in [5.74, 6) is 0. The molecule has 1 aliphatic rings. The van der Waals surface area contributed by atoms with Crippen molar-refractivity contribution >= 4 is 60.2 Å². The first-order valence-electron chi connectivity index (χ1n) is 17.5. The minimum atomic E-state index is -0.158. The molecule has 1 heterocycles. The van der Waals surface area contributed by atoms with Crippen molar-refractivity contribution in [2.45, 2.75) is 19.3 Å². The van der Waals surface area contributed by atoms with Gasteiger partial charge in [0.1, 0.15) is 5.01 Å². The zero-order chi connectivity index (χ0) is 34.1. The maximum Gasteiger partial charge on any atom is 0.124 e. The molecular formula is C48H34N2S. The highest BCUT2D eigenvalue weighted by Crippen LogP contribution is 2.54. The quantitative estimate of drug-likeness (QED) is 0.181. The van der Waals surface area contributed by atoms with Gasteiger partial charge in [-0.15, -0.1) is 11.3 Å². The summed E-state index contributed by atoms with van der Waals surface area (Å²) in [6.45, 7) is 4.76. The lowest BCUT2D eigenvalue weighted by Gasteiger charge is -2.27. The molecule has 0 fully saturated rings. The molecule has 0 unspecified atom stereocenters. The van der Waals surface area contributed by atoms with Gasteiger partial charge in [-0.3, -0.25) is 0 Å². The second kappa shape index (κ2) is 11.5. The molecule has 1 aromatic heterocycles. The van der Waals surface area contributed by atoms with Crippen LogP contribution in [0.15, 0.2) is 170 Å². The van der Waals surface area contributed by atoms with E-state index in [1.54, 1.807) is 11.3 Å². The van der Waals surface area contributed by atoms with Crippen molar-refractivity contribution in [1.29, 1.82) is 0 Å². The van der Waals surface area contributed by atoms with Gasteiger partial charge in [-0.2, -0.15) is 0 Å². The highest BCUT2D eigenvalue weighted by atomic mass is 32.1. The van der Waals surface area contributed by atoms with Crippen LogP contribution >= 0.6 is 11.3 Å². The monoisotopic (exact) mass is 670 g/mol. The molecule has 0 amide bonds. The summed E-state index contributed by atoms with van der Waals surface area (Å²) in [7, 11) is 0. The predicted octanol–water partition coefficient (Wildman–Crippen LogP) is 13.7. The van der Waals surface area contributed by atoms with E-state index >= 15 is 0 Å². The van der Waals surface area contributed by atoms with Crippen LogP contribution in [0.1, 0.15) is 25.0 Å². The molecule has 0 aliphatic heterocycles.